The van der Waals surface area contributed by atoms with Crippen LogP contribution in [0.1, 0.15) is 28.9 Å². The molecule has 0 saturated carbocycles. The normalized spacial score (nSPS) is 15.1. The number of fused-ring (bicyclic) bond motifs is 4. The highest BCUT2D eigenvalue weighted by atomic mass is 14.7. The van der Waals surface area contributed by atoms with Crippen molar-refractivity contribution in [1.29, 1.82) is 0 Å². The van der Waals surface area contributed by atoms with E-state index < -0.39 is 0 Å². The predicted octanol–water partition coefficient (Wildman–Crippen LogP) is 3.36. The first-order chi connectivity index (χ1) is 8.40. The van der Waals surface area contributed by atoms with Crippen molar-refractivity contribution < 1.29 is 0 Å². The molecule has 0 fully saturated rings. The molecule has 1 heteroatoms. The predicted molar refractivity (Wildman–Crippen MR) is 70.1 cm³/mol. The molecule has 0 saturated heterocycles. The molecule has 3 rings (SSSR count). The molecular weight excluding hydrogens is 206 g/mol. The first kappa shape index (κ1) is 10.5. The van der Waals surface area contributed by atoms with Crippen molar-refractivity contribution >= 4 is 0 Å². The summed E-state index contributed by atoms with van der Waals surface area (Å²) >= 11 is 0. The second-order valence-corrected chi connectivity index (χ2v) is 4.79. The number of hydrogen-bond donors (Lipinski definition) is 0. The van der Waals surface area contributed by atoms with Crippen molar-refractivity contribution in [2.75, 3.05) is 0 Å². The van der Waals surface area contributed by atoms with Crippen LogP contribution in [-0.4, -0.2) is 4.98 Å². The largest absolute Gasteiger partial charge is 0.258 e. The Morgan fingerprint density at radius 3 is 2.29 bits per heavy atom. The van der Waals surface area contributed by atoms with Crippen molar-refractivity contribution in [3.05, 3.63) is 65.0 Å². The molecular formula is C16H17N. The van der Waals surface area contributed by atoms with Gasteiger partial charge in [-0.25, -0.2) is 0 Å². The fourth-order valence-electron chi connectivity index (χ4n) is 2.49. The Morgan fingerprint density at radius 1 is 0.706 bits per heavy atom. The van der Waals surface area contributed by atoms with Crippen LogP contribution < -0.4 is 0 Å². The van der Waals surface area contributed by atoms with Crippen LogP contribution in [0.4, 0.5) is 0 Å². The molecule has 0 radical (unpaired) electrons. The number of benzene rings is 1. The van der Waals surface area contributed by atoms with Gasteiger partial charge >= 0.3 is 0 Å². The lowest BCUT2D eigenvalue weighted by atomic mass is 10.0. The van der Waals surface area contributed by atoms with Gasteiger partial charge in [-0.3, -0.25) is 4.98 Å². The number of nitrogens with zero attached hydrogens (tertiary/aromatic N) is 1. The number of hydrogen-bond acceptors (Lipinski definition) is 1. The van der Waals surface area contributed by atoms with E-state index in [1.54, 1.807) is 0 Å². The Labute approximate surface area is 103 Å². The Morgan fingerprint density at radius 2 is 1.41 bits per heavy atom. The van der Waals surface area contributed by atoms with Crippen LogP contribution in [0.5, 0.6) is 0 Å². The van der Waals surface area contributed by atoms with Gasteiger partial charge in [0.25, 0.3) is 0 Å². The van der Waals surface area contributed by atoms with E-state index >= 15 is 0 Å². The molecule has 0 spiro atoms. The fraction of sp³-hybridized carbons (Fsp3) is 0.312. The summed E-state index contributed by atoms with van der Waals surface area (Å²) in [6.45, 7) is 0. The monoisotopic (exact) mass is 223 g/mol. The smallest absolute Gasteiger partial charge is 0.0410 e. The lowest BCUT2D eigenvalue weighted by Gasteiger charge is -2.03. The maximum Gasteiger partial charge on any atom is 0.0410 e. The highest BCUT2D eigenvalue weighted by Gasteiger charge is 2.04. The molecule has 1 nitrogen and oxygen atoms in total. The fourth-order valence-corrected chi connectivity index (χ4v) is 2.49. The number of pyridine rings is 1. The van der Waals surface area contributed by atoms with Gasteiger partial charge in [-0.1, -0.05) is 30.3 Å². The van der Waals surface area contributed by atoms with Crippen LogP contribution in [0.2, 0.25) is 0 Å². The molecule has 1 aliphatic heterocycles. The summed E-state index contributed by atoms with van der Waals surface area (Å²) in [5.74, 6) is 0. The molecule has 4 bridgehead atoms. The van der Waals surface area contributed by atoms with Gasteiger partial charge in [0.05, 0.1) is 0 Å². The van der Waals surface area contributed by atoms with E-state index in [0.717, 1.165) is 19.3 Å². The van der Waals surface area contributed by atoms with E-state index in [2.05, 4.69) is 42.5 Å². The standard InChI is InChI=1S/C16H17N/c1-4-13-6-2-7-15-8-3-9-16(17-15)11-10-14(5-1)12-13/h1,3-5,8-9,12H,2,6-7,10-11H2. The summed E-state index contributed by atoms with van der Waals surface area (Å²) in [5, 5.41) is 0. The third-order valence-electron chi connectivity index (χ3n) is 3.42. The molecule has 1 aliphatic rings. The molecule has 0 aliphatic carbocycles. The lowest BCUT2D eigenvalue weighted by Crippen LogP contribution is -1.97. The minimum atomic E-state index is 1.05. The zero-order valence-electron chi connectivity index (χ0n) is 10.0. The highest BCUT2D eigenvalue weighted by molar-refractivity contribution is 5.25. The van der Waals surface area contributed by atoms with E-state index in [4.69, 9.17) is 4.98 Å². The zero-order chi connectivity index (χ0) is 11.5. The van der Waals surface area contributed by atoms with Crippen molar-refractivity contribution in [3.63, 3.8) is 0 Å². The van der Waals surface area contributed by atoms with Gasteiger partial charge < -0.3 is 0 Å². The SMILES string of the molecule is c1cc2cc(c1)CCc1cccc(n1)CCC2. The number of aryl methyl sites for hydroxylation is 4. The van der Waals surface area contributed by atoms with Gasteiger partial charge in [-0.2, -0.15) is 0 Å². The van der Waals surface area contributed by atoms with Gasteiger partial charge in [0, 0.05) is 11.4 Å². The Balaban J connectivity index is 1.92. The Bertz CT molecular complexity index is 469. The molecule has 17 heavy (non-hydrogen) atoms. The van der Waals surface area contributed by atoms with Crippen LogP contribution in [-0.2, 0) is 25.7 Å². The Kier molecular flexibility index (Phi) is 2.91. The molecule has 86 valence electrons. The first-order valence-electron chi connectivity index (χ1n) is 6.43. The molecule has 1 aromatic carbocycles. The summed E-state index contributed by atoms with van der Waals surface area (Å²) in [4.78, 5) is 4.72. The molecule has 0 N–H and O–H groups in total. The molecule has 2 heterocycles. The van der Waals surface area contributed by atoms with E-state index in [1.165, 1.54) is 35.4 Å². The van der Waals surface area contributed by atoms with Gasteiger partial charge in [0.1, 0.15) is 0 Å². The topological polar surface area (TPSA) is 12.9 Å². The zero-order valence-corrected chi connectivity index (χ0v) is 10.0. The van der Waals surface area contributed by atoms with Crippen molar-refractivity contribution in [3.8, 4) is 0 Å². The van der Waals surface area contributed by atoms with E-state index in [0.29, 0.717) is 0 Å². The molecule has 0 unspecified atom stereocenters. The van der Waals surface area contributed by atoms with Crippen molar-refractivity contribution in [2.24, 2.45) is 0 Å². The number of rotatable bonds is 0. The van der Waals surface area contributed by atoms with Crippen LogP contribution >= 0.6 is 0 Å². The molecule has 2 aromatic rings. The summed E-state index contributed by atoms with van der Waals surface area (Å²) in [6.07, 6.45) is 5.61. The second-order valence-electron chi connectivity index (χ2n) is 4.79. The maximum absolute atomic E-state index is 4.72. The van der Waals surface area contributed by atoms with E-state index in [9.17, 15) is 0 Å². The van der Waals surface area contributed by atoms with Crippen molar-refractivity contribution in [2.45, 2.75) is 32.1 Å². The summed E-state index contributed by atoms with van der Waals surface area (Å²) in [6, 6.07) is 15.4. The Hall–Kier alpha value is -1.63. The summed E-state index contributed by atoms with van der Waals surface area (Å²) in [5.41, 5.74) is 5.39. The summed E-state index contributed by atoms with van der Waals surface area (Å²) in [7, 11) is 0. The molecule has 0 amide bonds. The molecule has 0 atom stereocenters. The van der Waals surface area contributed by atoms with Gasteiger partial charge in [0.2, 0.25) is 0 Å². The average molecular weight is 223 g/mol. The average Bonchev–Trinajstić information content (AvgIpc) is 2.38. The lowest BCUT2D eigenvalue weighted by molar-refractivity contribution is 0.793. The van der Waals surface area contributed by atoms with Crippen LogP contribution in [0.15, 0.2) is 42.5 Å². The van der Waals surface area contributed by atoms with Crippen molar-refractivity contribution in [1.82, 2.24) is 4.98 Å². The first-order valence-corrected chi connectivity index (χ1v) is 6.43. The second kappa shape index (κ2) is 4.70. The molecule has 1 aromatic heterocycles. The third-order valence-corrected chi connectivity index (χ3v) is 3.42. The minimum absolute atomic E-state index is 1.05. The van der Waals surface area contributed by atoms with Crippen LogP contribution in [0, 0.1) is 0 Å². The van der Waals surface area contributed by atoms with Gasteiger partial charge in [-0.15, -0.1) is 0 Å². The van der Waals surface area contributed by atoms with Gasteiger partial charge in [-0.05, 0) is 55.4 Å². The highest BCUT2D eigenvalue weighted by Crippen LogP contribution is 2.14. The van der Waals surface area contributed by atoms with E-state index in [-0.39, 0.29) is 0 Å². The number of aromatic nitrogens is 1. The van der Waals surface area contributed by atoms with Crippen LogP contribution in [0.25, 0.3) is 0 Å². The maximum atomic E-state index is 4.72. The summed E-state index contributed by atoms with van der Waals surface area (Å²) < 4.78 is 0. The minimum Gasteiger partial charge on any atom is -0.258 e. The third kappa shape index (κ3) is 2.55. The quantitative estimate of drug-likeness (QED) is 0.667. The van der Waals surface area contributed by atoms with E-state index in [1.807, 2.05) is 0 Å². The van der Waals surface area contributed by atoms with Crippen LogP contribution in [0.3, 0.4) is 0 Å². The van der Waals surface area contributed by atoms with Gasteiger partial charge in [0.15, 0.2) is 0 Å².